The number of hydrogen-bond acceptors (Lipinski definition) is 2. The molecule has 0 saturated heterocycles. The summed E-state index contributed by atoms with van der Waals surface area (Å²) in [6.07, 6.45) is -3.10. The zero-order valence-corrected chi connectivity index (χ0v) is 12.1. The van der Waals surface area contributed by atoms with Crippen LogP contribution in [0.25, 0.3) is 0 Å². The van der Waals surface area contributed by atoms with Crippen molar-refractivity contribution < 1.29 is 13.2 Å². The third-order valence-electron chi connectivity index (χ3n) is 2.63. The van der Waals surface area contributed by atoms with Crippen LogP contribution in [0.1, 0.15) is 11.1 Å². The summed E-state index contributed by atoms with van der Waals surface area (Å²) in [6, 6.07) is 14.1. The number of anilines is 1. The van der Waals surface area contributed by atoms with Gasteiger partial charge in [-0.1, -0.05) is 30.3 Å². The maximum atomic E-state index is 12.6. The Bertz CT molecular complexity index is 669. The third kappa shape index (κ3) is 4.85. The van der Waals surface area contributed by atoms with Crippen LogP contribution in [-0.4, -0.2) is 11.3 Å². The Morgan fingerprint density at radius 2 is 1.77 bits per heavy atom. The zero-order valence-electron chi connectivity index (χ0n) is 11.3. The molecule has 22 heavy (non-hydrogen) atoms. The Morgan fingerprint density at radius 3 is 2.45 bits per heavy atom. The lowest BCUT2D eigenvalue weighted by Crippen LogP contribution is -2.23. The van der Waals surface area contributed by atoms with Crippen molar-refractivity contribution in [3.05, 3.63) is 65.7 Å². The van der Waals surface area contributed by atoms with Crippen LogP contribution in [0.4, 0.5) is 18.9 Å². The van der Waals surface area contributed by atoms with E-state index >= 15 is 0 Å². The summed E-state index contributed by atoms with van der Waals surface area (Å²) in [6.45, 7) is 0. The summed E-state index contributed by atoms with van der Waals surface area (Å²) in [5.41, 5.74) is 2.94. The Kier molecular flexibility index (Phi) is 5.11. The van der Waals surface area contributed by atoms with Crippen LogP contribution in [0, 0.1) is 0 Å². The Labute approximate surface area is 130 Å². The number of para-hydroxylation sites is 1. The number of alkyl halides is 3. The first-order valence-corrected chi connectivity index (χ1v) is 6.68. The van der Waals surface area contributed by atoms with E-state index in [1.54, 1.807) is 0 Å². The summed E-state index contributed by atoms with van der Waals surface area (Å²) in [5.74, 6) is 0. The van der Waals surface area contributed by atoms with Gasteiger partial charge >= 0.3 is 6.18 Å². The molecule has 2 aromatic carbocycles. The normalized spacial score (nSPS) is 11.4. The van der Waals surface area contributed by atoms with E-state index in [4.69, 9.17) is 12.2 Å². The van der Waals surface area contributed by atoms with Gasteiger partial charge in [-0.3, -0.25) is 5.43 Å². The lowest BCUT2D eigenvalue weighted by Gasteiger charge is -2.07. The standard InChI is InChI=1S/C15H12F3N3S/c16-15(17,18)12-6-4-5-11(9-12)10-19-21-14(22)20-13-7-2-1-3-8-13/h1-10H,(H2,20,21,22)/b19-10-. The minimum atomic E-state index is -4.37. The highest BCUT2D eigenvalue weighted by molar-refractivity contribution is 7.80. The van der Waals surface area contributed by atoms with E-state index in [0.29, 0.717) is 5.56 Å². The molecule has 0 spiro atoms. The number of thiocarbonyl (C=S) groups is 1. The van der Waals surface area contributed by atoms with Crippen molar-refractivity contribution in [2.24, 2.45) is 5.10 Å². The molecule has 0 bridgehead atoms. The van der Waals surface area contributed by atoms with Gasteiger partial charge in [-0.2, -0.15) is 18.3 Å². The minimum Gasteiger partial charge on any atom is -0.331 e. The van der Waals surface area contributed by atoms with E-state index in [9.17, 15) is 13.2 Å². The summed E-state index contributed by atoms with van der Waals surface area (Å²) in [5, 5.41) is 6.95. The Balaban J connectivity index is 1.94. The summed E-state index contributed by atoms with van der Waals surface area (Å²) >= 11 is 5.02. The fraction of sp³-hybridized carbons (Fsp3) is 0.0667. The van der Waals surface area contributed by atoms with Gasteiger partial charge in [0.05, 0.1) is 11.8 Å². The van der Waals surface area contributed by atoms with Gasteiger partial charge in [0.15, 0.2) is 5.11 Å². The van der Waals surface area contributed by atoms with Gasteiger partial charge in [0.2, 0.25) is 0 Å². The number of rotatable bonds is 3. The number of hydrogen-bond donors (Lipinski definition) is 2. The van der Waals surface area contributed by atoms with Crippen molar-refractivity contribution >= 4 is 29.2 Å². The van der Waals surface area contributed by atoms with Gasteiger partial charge in [-0.25, -0.2) is 0 Å². The first-order valence-electron chi connectivity index (χ1n) is 6.27. The molecule has 0 unspecified atom stereocenters. The van der Waals surface area contributed by atoms with Crippen LogP contribution < -0.4 is 10.7 Å². The van der Waals surface area contributed by atoms with Crippen LogP contribution in [0.3, 0.4) is 0 Å². The second-order valence-corrected chi connectivity index (χ2v) is 4.72. The molecule has 114 valence electrons. The molecule has 0 aliphatic rings. The van der Waals surface area contributed by atoms with Gasteiger partial charge < -0.3 is 5.32 Å². The largest absolute Gasteiger partial charge is 0.416 e. The number of halogens is 3. The monoisotopic (exact) mass is 323 g/mol. The lowest BCUT2D eigenvalue weighted by atomic mass is 10.1. The number of nitrogens with one attached hydrogen (secondary N) is 2. The molecular weight excluding hydrogens is 311 g/mol. The first kappa shape index (κ1) is 16.0. The van der Waals surface area contributed by atoms with E-state index in [0.717, 1.165) is 17.8 Å². The van der Waals surface area contributed by atoms with E-state index in [2.05, 4.69) is 15.8 Å². The average molecular weight is 323 g/mol. The molecule has 0 saturated carbocycles. The summed E-state index contributed by atoms with van der Waals surface area (Å²) < 4.78 is 37.7. The SMILES string of the molecule is FC(F)(F)c1cccc(/C=N\NC(=S)Nc2ccccc2)c1. The van der Waals surface area contributed by atoms with Crippen molar-refractivity contribution in [1.82, 2.24) is 5.43 Å². The van der Waals surface area contributed by atoms with E-state index < -0.39 is 11.7 Å². The van der Waals surface area contributed by atoms with Gasteiger partial charge in [-0.15, -0.1) is 0 Å². The molecule has 0 aliphatic carbocycles. The molecule has 2 N–H and O–H groups in total. The second kappa shape index (κ2) is 7.04. The predicted octanol–water partition coefficient (Wildman–Crippen LogP) is 4.03. The van der Waals surface area contributed by atoms with E-state index in [-0.39, 0.29) is 5.11 Å². The molecular formula is C15H12F3N3S. The maximum Gasteiger partial charge on any atom is 0.416 e. The molecule has 0 heterocycles. The number of benzene rings is 2. The molecule has 2 rings (SSSR count). The topological polar surface area (TPSA) is 36.4 Å². The maximum absolute atomic E-state index is 12.6. The predicted molar refractivity (Wildman–Crippen MR) is 84.8 cm³/mol. The number of nitrogens with zero attached hydrogens (tertiary/aromatic N) is 1. The number of hydrazone groups is 1. The molecule has 0 amide bonds. The fourth-order valence-electron chi connectivity index (χ4n) is 1.64. The average Bonchev–Trinajstić information content (AvgIpc) is 2.48. The lowest BCUT2D eigenvalue weighted by molar-refractivity contribution is -0.137. The smallest absolute Gasteiger partial charge is 0.331 e. The Morgan fingerprint density at radius 1 is 1.05 bits per heavy atom. The fourth-order valence-corrected chi connectivity index (χ4v) is 1.81. The van der Waals surface area contributed by atoms with Crippen LogP contribution in [0.15, 0.2) is 59.7 Å². The third-order valence-corrected chi connectivity index (χ3v) is 2.82. The minimum absolute atomic E-state index is 0.245. The summed E-state index contributed by atoms with van der Waals surface area (Å²) in [7, 11) is 0. The zero-order chi connectivity index (χ0) is 16.0. The summed E-state index contributed by atoms with van der Waals surface area (Å²) in [4.78, 5) is 0. The van der Waals surface area contributed by atoms with Gasteiger partial charge in [-0.05, 0) is 42.0 Å². The molecule has 0 aromatic heterocycles. The van der Waals surface area contributed by atoms with Gasteiger partial charge in [0, 0.05) is 5.69 Å². The second-order valence-electron chi connectivity index (χ2n) is 4.31. The Hall–Kier alpha value is -2.41. The van der Waals surface area contributed by atoms with Crippen LogP contribution in [0.2, 0.25) is 0 Å². The quantitative estimate of drug-likeness (QED) is 0.509. The first-order chi connectivity index (χ1) is 10.4. The van der Waals surface area contributed by atoms with E-state index in [1.807, 2.05) is 30.3 Å². The van der Waals surface area contributed by atoms with Gasteiger partial charge in [0.25, 0.3) is 0 Å². The van der Waals surface area contributed by atoms with Crippen LogP contribution in [0.5, 0.6) is 0 Å². The van der Waals surface area contributed by atoms with E-state index in [1.165, 1.54) is 18.3 Å². The van der Waals surface area contributed by atoms with Crippen molar-refractivity contribution in [1.29, 1.82) is 0 Å². The van der Waals surface area contributed by atoms with Crippen molar-refractivity contribution in [3.8, 4) is 0 Å². The van der Waals surface area contributed by atoms with Crippen LogP contribution >= 0.6 is 12.2 Å². The highest BCUT2D eigenvalue weighted by Gasteiger charge is 2.30. The molecule has 3 nitrogen and oxygen atoms in total. The molecule has 0 aliphatic heterocycles. The van der Waals surface area contributed by atoms with Gasteiger partial charge in [0.1, 0.15) is 0 Å². The van der Waals surface area contributed by atoms with Crippen molar-refractivity contribution in [3.63, 3.8) is 0 Å². The van der Waals surface area contributed by atoms with Crippen molar-refractivity contribution in [2.45, 2.75) is 6.18 Å². The highest BCUT2D eigenvalue weighted by Crippen LogP contribution is 2.29. The molecule has 2 aromatic rings. The molecule has 0 radical (unpaired) electrons. The van der Waals surface area contributed by atoms with Crippen LogP contribution in [-0.2, 0) is 6.18 Å². The van der Waals surface area contributed by atoms with Crippen molar-refractivity contribution in [2.75, 3.05) is 5.32 Å². The molecule has 7 heteroatoms. The molecule has 0 fully saturated rings. The molecule has 0 atom stereocenters. The highest BCUT2D eigenvalue weighted by atomic mass is 32.1.